The van der Waals surface area contributed by atoms with Crippen molar-refractivity contribution in [1.29, 1.82) is 0 Å². The lowest BCUT2D eigenvalue weighted by molar-refractivity contribution is 0.128. The van der Waals surface area contributed by atoms with E-state index in [1.165, 1.54) is 21.6 Å². The zero-order valence-corrected chi connectivity index (χ0v) is 19.9. The third kappa shape index (κ3) is 5.11. The Bertz CT molecular complexity index is 1050. The van der Waals surface area contributed by atoms with Gasteiger partial charge in [-0.05, 0) is 54.1 Å². The molecule has 1 aliphatic rings. The summed E-state index contributed by atoms with van der Waals surface area (Å²) in [5.74, 6) is 0. The van der Waals surface area contributed by atoms with Gasteiger partial charge >= 0.3 is 0 Å². The highest BCUT2D eigenvalue weighted by molar-refractivity contribution is 7.09. The van der Waals surface area contributed by atoms with Gasteiger partial charge in [0.1, 0.15) is 0 Å². The molecule has 3 heteroatoms. The lowest BCUT2D eigenvalue weighted by Gasteiger charge is -2.45. The van der Waals surface area contributed by atoms with Crippen LogP contribution in [0.15, 0.2) is 109 Å². The minimum atomic E-state index is 0.174. The van der Waals surface area contributed by atoms with Crippen LogP contribution in [0.25, 0.3) is 0 Å². The van der Waals surface area contributed by atoms with Gasteiger partial charge in [-0.3, -0.25) is 4.90 Å². The molecule has 33 heavy (non-hydrogen) atoms. The van der Waals surface area contributed by atoms with Gasteiger partial charge in [-0.25, -0.2) is 0 Å². The summed E-state index contributed by atoms with van der Waals surface area (Å²) in [6.07, 6.45) is 2.31. The number of hydrogen-bond donors (Lipinski definition) is 1. The van der Waals surface area contributed by atoms with E-state index in [2.05, 4.69) is 119 Å². The van der Waals surface area contributed by atoms with Gasteiger partial charge in [0.2, 0.25) is 0 Å². The lowest BCUT2D eigenvalue weighted by atomic mass is 9.72. The zero-order chi connectivity index (χ0) is 22.3. The Balaban J connectivity index is 1.37. The van der Waals surface area contributed by atoms with Gasteiger partial charge in [0.05, 0.1) is 6.04 Å². The summed E-state index contributed by atoms with van der Waals surface area (Å²) in [5, 5.41) is 5.96. The van der Waals surface area contributed by atoms with Gasteiger partial charge in [-0.1, -0.05) is 97.1 Å². The van der Waals surface area contributed by atoms with Crippen molar-refractivity contribution in [3.05, 3.63) is 130 Å². The van der Waals surface area contributed by atoms with E-state index in [1.54, 1.807) is 0 Å². The fraction of sp³-hybridized carbons (Fsp3) is 0.267. The van der Waals surface area contributed by atoms with Crippen molar-refractivity contribution in [2.45, 2.75) is 30.8 Å². The molecule has 1 aromatic heterocycles. The SMILES string of the molecule is c1ccc(C(c2ccccc2)N2CCC(CNCc3cccs3)(c3ccccc3)CC2)cc1. The van der Waals surface area contributed by atoms with E-state index < -0.39 is 0 Å². The molecule has 1 saturated heterocycles. The smallest absolute Gasteiger partial charge is 0.0601 e. The number of rotatable bonds is 8. The van der Waals surface area contributed by atoms with Crippen molar-refractivity contribution in [2.75, 3.05) is 19.6 Å². The number of hydrogen-bond acceptors (Lipinski definition) is 3. The summed E-state index contributed by atoms with van der Waals surface area (Å²) in [6.45, 7) is 4.14. The third-order valence-electron chi connectivity index (χ3n) is 7.08. The van der Waals surface area contributed by atoms with Crippen LogP contribution < -0.4 is 5.32 Å². The predicted molar refractivity (Wildman–Crippen MR) is 140 cm³/mol. The highest BCUT2D eigenvalue weighted by atomic mass is 32.1. The van der Waals surface area contributed by atoms with Crippen LogP contribution in [-0.2, 0) is 12.0 Å². The van der Waals surface area contributed by atoms with E-state index in [9.17, 15) is 0 Å². The van der Waals surface area contributed by atoms with E-state index in [4.69, 9.17) is 0 Å². The first-order valence-electron chi connectivity index (χ1n) is 12.0. The van der Waals surface area contributed by atoms with Crippen LogP contribution >= 0.6 is 11.3 Å². The molecule has 0 unspecified atom stereocenters. The Morgan fingerprint density at radius 3 is 1.85 bits per heavy atom. The zero-order valence-electron chi connectivity index (χ0n) is 19.1. The molecule has 0 saturated carbocycles. The standard InChI is InChI=1S/C30H32N2S/c1-4-11-25(12-5-1)29(26-13-6-2-7-14-26)32-20-18-30(19-21-32,27-15-8-3-9-16-27)24-31-23-28-17-10-22-33-28/h1-17,22,29,31H,18-21,23-24H2. The topological polar surface area (TPSA) is 15.3 Å². The van der Waals surface area contributed by atoms with Crippen LogP contribution in [0.5, 0.6) is 0 Å². The molecule has 0 atom stereocenters. The maximum atomic E-state index is 3.80. The Morgan fingerprint density at radius 2 is 1.30 bits per heavy atom. The van der Waals surface area contributed by atoms with Gasteiger partial charge in [-0.2, -0.15) is 0 Å². The number of nitrogens with zero attached hydrogens (tertiary/aromatic N) is 1. The molecule has 0 amide bonds. The fourth-order valence-electron chi connectivity index (χ4n) is 5.29. The number of nitrogens with one attached hydrogen (secondary N) is 1. The number of piperidine rings is 1. The van der Waals surface area contributed by atoms with Crippen molar-refractivity contribution in [3.63, 3.8) is 0 Å². The normalized spacial score (nSPS) is 16.2. The lowest BCUT2D eigenvalue weighted by Crippen LogP contribution is -2.48. The molecule has 0 radical (unpaired) electrons. The summed E-state index contributed by atoms with van der Waals surface area (Å²) in [7, 11) is 0. The largest absolute Gasteiger partial charge is 0.311 e. The van der Waals surface area contributed by atoms with E-state index in [-0.39, 0.29) is 5.41 Å². The van der Waals surface area contributed by atoms with E-state index in [1.807, 2.05) is 11.3 Å². The molecule has 1 aliphatic heterocycles. The Labute approximate surface area is 201 Å². The fourth-order valence-corrected chi connectivity index (χ4v) is 5.97. The molecule has 168 valence electrons. The summed E-state index contributed by atoms with van der Waals surface area (Å²) in [5.41, 5.74) is 4.41. The quantitative estimate of drug-likeness (QED) is 0.321. The van der Waals surface area contributed by atoms with Crippen LogP contribution in [0.1, 0.15) is 40.5 Å². The van der Waals surface area contributed by atoms with Crippen molar-refractivity contribution < 1.29 is 0 Å². The van der Waals surface area contributed by atoms with Crippen molar-refractivity contribution in [1.82, 2.24) is 10.2 Å². The average Bonchev–Trinajstić information content (AvgIpc) is 3.41. The van der Waals surface area contributed by atoms with Gasteiger partial charge in [0, 0.05) is 23.4 Å². The summed E-state index contributed by atoms with van der Waals surface area (Å²) < 4.78 is 0. The molecule has 3 aromatic carbocycles. The Kier molecular flexibility index (Phi) is 7.01. The van der Waals surface area contributed by atoms with Crippen LogP contribution in [0, 0.1) is 0 Å². The summed E-state index contributed by atoms with van der Waals surface area (Å²) in [4.78, 5) is 4.09. The van der Waals surface area contributed by atoms with Crippen LogP contribution in [0.4, 0.5) is 0 Å². The average molecular weight is 453 g/mol. The molecule has 0 bridgehead atoms. The Morgan fingerprint density at radius 1 is 0.727 bits per heavy atom. The minimum absolute atomic E-state index is 0.174. The van der Waals surface area contributed by atoms with Crippen molar-refractivity contribution in [2.24, 2.45) is 0 Å². The van der Waals surface area contributed by atoms with Gasteiger partial charge in [-0.15, -0.1) is 11.3 Å². The monoisotopic (exact) mass is 452 g/mol. The molecule has 0 spiro atoms. The van der Waals surface area contributed by atoms with Gasteiger partial charge in [0.15, 0.2) is 0 Å². The minimum Gasteiger partial charge on any atom is -0.311 e. The van der Waals surface area contributed by atoms with Gasteiger partial charge in [0.25, 0.3) is 0 Å². The van der Waals surface area contributed by atoms with Crippen LogP contribution in [0.2, 0.25) is 0 Å². The molecular weight excluding hydrogens is 420 g/mol. The number of likely N-dealkylation sites (tertiary alicyclic amines) is 1. The number of thiophene rings is 1. The van der Waals surface area contributed by atoms with Crippen molar-refractivity contribution >= 4 is 11.3 Å². The van der Waals surface area contributed by atoms with Gasteiger partial charge < -0.3 is 5.32 Å². The van der Waals surface area contributed by atoms with E-state index >= 15 is 0 Å². The first-order valence-corrected chi connectivity index (χ1v) is 12.8. The molecule has 2 heterocycles. The maximum Gasteiger partial charge on any atom is 0.0601 e. The van der Waals surface area contributed by atoms with Crippen LogP contribution in [-0.4, -0.2) is 24.5 Å². The Hall–Kier alpha value is -2.72. The second-order valence-corrected chi connectivity index (χ2v) is 10.1. The predicted octanol–water partition coefficient (Wildman–Crippen LogP) is 6.66. The van der Waals surface area contributed by atoms with E-state index in [0.717, 1.165) is 39.0 Å². The highest BCUT2D eigenvalue weighted by Crippen LogP contribution is 2.39. The molecule has 1 N–H and O–H groups in total. The molecular formula is C30H32N2S. The first kappa shape index (κ1) is 22.1. The highest BCUT2D eigenvalue weighted by Gasteiger charge is 2.38. The summed E-state index contributed by atoms with van der Waals surface area (Å²) in [6, 6.07) is 37.8. The second-order valence-electron chi connectivity index (χ2n) is 9.09. The molecule has 2 nitrogen and oxygen atoms in total. The van der Waals surface area contributed by atoms with E-state index in [0.29, 0.717) is 6.04 Å². The third-order valence-corrected chi connectivity index (χ3v) is 7.96. The molecule has 0 aliphatic carbocycles. The number of benzene rings is 3. The van der Waals surface area contributed by atoms with Crippen LogP contribution in [0.3, 0.4) is 0 Å². The van der Waals surface area contributed by atoms with Crippen molar-refractivity contribution in [3.8, 4) is 0 Å². The maximum absolute atomic E-state index is 3.80. The molecule has 5 rings (SSSR count). The molecule has 1 fully saturated rings. The summed E-state index contributed by atoms with van der Waals surface area (Å²) >= 11 is 1.83. The second kappa shape index (κ2) is 10.5. The first-order chi connectivity index (χ1) is 16.3. The molecule has 4 aromatic rings.